The smallest absolute Gasteiger partial charge is 0.205 e. The number of hydrogen-bond donors (Lipinski definition) is 1. The number of rotatable bonds is 5. The van der Waals surface area contributed by atoms with Crippen LogP contribution in [0, 0.1) is 12.8 Å². The van der Waals surface area contributed by atoms with Gasteiger partial charge in [-0.2, -0.15) is 0 Å². The van der Waals surface area contributed by atoms with Crippen LogP contribution in [0.2, 0.25) is 0 Å². The summed E-state index contributed by atoms with van der Waals surface area (Å²) in [5.41, 5.74) is 1.16. The summed E-state index contributed by atoms with van der Waals surface area (Å²) < 4.78 is 2.42. The summed E-state index contributed by atoms with van der Waals surface area (Å²) >= 11 is 0. The van der Waals surface area contributed by atoms with Crippen molar-refractivity contribution in [2.75, 3.05) is 31.1 Å². The molecule has 106 valence electrons. The van der Waals surface area contributed by atoms with E-state index in [0.29, 0.717) is 0 Å². The Morgan fingerprint density at radius 1 is 1.32 bits per heavy atom. The van der Waals surface area contributed by atoms with Crippen LogP contribution >= 0.6 is 0 Å². The minimum absolute atomic E-state index is 0.721. The van der Waals surface area contributed by atoms with Gasteiger partial charge in [0, 0.05) is 25.3 Å². The van der Waals surface area contributed by atoms with Gasteiger partial charge in [-0.05, 0) is 58.5 Å². The Labute approximate surface area is 116 Å². The molecular formula is C15H26N4. The van der Waals surface area contributed by atoms with Crippen LogP contribution < -0.4 is 10.2 Å². The highest BCUT2D eigenvalue weighted by Crippen LogP contribution is 2.38. The van der Waals surface area contributed by atoms with Crippen molar-refractivity contribution in [3.63, 3.8) is 0 Å². The van der Waals surface area contributed by atoms with E-state index in [-0.39, 0.29) is 0 Å². The zero-order valence-electron chi connectivity index (χ0n) is 12.2. The molecule has 2 aliphatic rings. The summed E-state index contributed by atoms with van der Waals surface area (Å²) in [5, 5.41) is 3.45. The second kappa shape index (κ2) is 5.53. The molecule has 19 heavy (non-hydrogen) atoms. The maximum atomic E-state index is 4.78. The van der Waals surface area contributed by atoms with Gasteiger partial charge in [0.1, 0.15) is 0 Å². The predicted octanol–water partition coefficient (Wildman–Crippen LogP) is 2.35. The number of nitrogens with zero attached hydrogens (tertiary/aromatic N) is 3. The van der Waals surface area contributed by atoms with Gasteiger partial charge in [0.05, 0.1) is 5.69 Å². The lowest BCUT2D eigenvalue weighted by Gasteiger charge is -2.30. The van der Waals surface area contributed by atoms with Gasteiger partial charge in [-0.25, -0.2) is 4.98 Å². The van der Waals surface area contributed by atoms with E-state index < -0.39 is 0 Å². The minimum Gasteiger partial charge on any atom is -0.342 e. The highest BCUT2D eigenvalue weighted by atomic mass is 15.3. The van der Waals surface area contributed by atoms with Gasteiger partial charge in [-0.15, -0.1) is 0 Å². The number of anilines is 1. The molecule has 1 saturated heterocycles. The van der Waals surface area contributed by atoms with Gasteiger partial charge in [-0.1, -0.05) is 0 Å². The average molecular weight is 262 g/mol. The minimum atomic E-state index is 0.721. The largest absolute Gasteiger partial charge is 0.342 e. The highest BCUT2D eigenvalue weighted by Gasteiger charge is 2.28. The van der Waals surface area contributed by atoms with Crippen LogP contribution in [0.4, 0.5) is 5.95 Å². The molecule has 0 atom stereocenters. The third-order valence-corrected chi connectivity index (χ3v) is 4.38. The fourth-order valence-electron chi connectivity index (χ4n) is 3.09. The Kier molecular flexibility index (Phi) is 3.78. The first-order valence-electron chi connectivity index (χ1n) is 7.79. The second-order valence-electron chi connectivity index (χ2n) is 6.05. The monoisotopic (exact) mass is 262 g/mol. The van der Waals surface area contributed by atoms with Gasteiger partial charge in [0.25, 0.3) is 0 Å². The molecule has 1 saturated carbocycles. The van der Waals surface area contributed by atoms with E-state index in [1.165, 1.54) is 51.3 Å². The Hall–Kier alpha value is -1.03. The normalized spacial score (nSPS) is 20.7. The molecule has 0 spiro atoms. The van der Waals surface area contributed by atoms with E-state index in [2.05, 4.69) is 34.8 Å². The fourth-order valence-corrected chi connectivity index (χ4v) is 3.09. The summed E-state index contributed by atoms with van der Waals surface area (Å²) in [4.78, 5) is 7.27. The number of nitrogens with one attached hydrogen (secondary N) is 1. The molecule has 1 N–H and O–H groups in total. The van der Waals surface area contributed by atoms with Gasteiger partial charge in [0.2, 0.25) is 5.95 Å². The SMILES string of the molecule is CCN(CC1CCNCC1)c1nc(C)cn1C1CC1. The molecule has 1 aromatic heterocycles. The van der Waals surface area contributed by atoms with Crippen molar-refractivity contribution >= 4 is 5.95 Å². The zero-order valence-corrected chi connectivity index (χ0v) is 12.2. The maximum absolute atomic E-state index is 4.78. The number of aryl methyl sites for hydroxylation is 1. The van der Waals surface area contributed by atoms with Crippen LogP contribution in [-0.4, -0.2) is 35.7 Å². The van der Waals surface area contributed by atoms with Gasteiger partial charge in [-0.3, -0.25) is 0 Å². The maximum Gasteiger partial charge on any atom is 0.205 e. The quantitative estimate of drug-likeness (QED) is 0.884. The van der Waals surface area contributed by atoms with E-state index >= 15 is 0 Å². The van der Waals surface area contributed by atoms with E-state index in [0.717, 1.165) is 24.2 Å². The lowest BCUT2D eigenvalue weighted by Crippen LogP contribution is -2.37. The van der Waals surface area contributed by atoms with Crippen LogP contribution in [0.1, 0.15) is 44.3 Å². The lowest BCUT2D eigenvalue weighted by molar-refractivity contribution is 0.372. The molecule has 0 unspecified atom stereocenters. The molecular weight excluding hydrogens is 236 g/mol. The number of piperidine rings is 1. The molecule has 3 rings (SSSR count). The van der Waals surface area contributed by atoms with Crippen LogP contribution in [0.15, 0.2) is 6.20 Å². The van der Waals surface area contributed by atoms with Crippen LogP contribution in [0.5, 0.6) is 0 Å². The Morgan fingerprint density at radius 2 is 2.05 bits per heavy atom. The molecule has 1 aliphatic heterocycles. The van der Waals surface area contributed by atoms with Crippen molar-refractivity contribution in [1.29, 1.82) is 0 Å². The number of imidazole rings is 1. The summed E-state index contributed by atoms with van der Waals surface area (Å²) in [5.74, 6) is 2.03. The molecule has 1 aliphatic carbocycles. The van der Waals surface area contributed by atoms with Crippen molar-refractivity contribution in [2.45, 2.75) is 45.6 Å². The van der Waals surface area contributed by atoms with Crippen molar-refractivity contribution in [1.82, 2.24) is 14.9 Å². The Morgan fingerprint density at radius 3 is 2.68 bits per heavy atom. The standard InChI is InChI=1S/C15H26N4/c1-3-18(11-13-6-8-16-9-7-13)15-17-12(2)10-19(15)14-4-5-14/h10,13-14,16H,3-9,11H2,1-2H3. The van der Waals surface area contributed by atoms with Gasteiger partial charge >= 0.3 is 0 Å². The molecule has 0 bridgehead atoms. The zero-order chi connectivity index (χ0) is 13.2. The predicted molar refractivity (Wildman–Crippen MR) is 78.7 cm³/mol. The molecule has 1 aromatic rings. The average Bonchev–Trinajstić information content (AvgIpc) is 3.20. The van der Waals surface area contributed by atoms with Crippen LogP contribution in [0.25, 0.3) is 0 Å². The summed E-state index contributed by atoms with van der Waals surface area (Å²) in [6, 6.07) is 0.721. The van der Waals surface area contributed by atoms with Crippen LogP contribution in [0.3, 0.4) is 0 Å². The third-order valence-electron chi connectivity index (χ3n) is 4.38. The molecule has 4 heteroatoms. The summed E-state index contributed by atoms with van der Waals surface area (Å²) in [7, 11) is 0. The highest BCUT2D eigenvalue weighted by molar-refractivity contribution is 5.35. The van der Waals surface area contributed by atoms with E-state index in [4.69, 9.17) is 4.98 Å². The summed E-state index contributed by atoms with van der Waals surface area (Å²) in [6.45, 7) is 8.95. The lowest BCUT2D eigenvalue weighted by atomic mass is 9.98. The van der Waals surface area contributed by atoms with E-state index in [9.17, 15) is 0 Å². The molecule has 2 fully saturated rings. The number of hydrogen-bond acceptors (Lipinski definition) is 3. The third kappa shape index (κ3) is 2.94. The second-order valence-corrected chi connectivity index (χ2v) is 6.05. The molecule has 0 aromatic carbocycles. The number of aromatic nitrogens is 2. The topological polar surface area (TPSA) is 33.1 Å². The first kappa shape index (κ1) is 13.0. The first-order chi connectivity index (χ1) is 9.28. The molecule has 0 radical (unpaired) electrons. The van der Waals surface area contributed by atoms with Crippen molar-refractivity contribution in [3.8, 4) is 0 Å². The van der Waals surface area contributed by atoms with Crippen molar-refractivity contribution in [3.05, 3.63) is 11.9 Å². The van der Waals surface area contributed by atoms with Crippen molar-refractivity contribution in [2.24, 2.45) is 5.92 Å². The summed E-state index contributed by atoms with van der Waals surface area (Å²) in [6.07, 6.45) is 7.50. The Balaban J connectivity index is 1.73. The first-order valence-corrected chi connectivity index (χ1v) is 7.79. The van der Waals surface area contributed by atoms with Gasteiger partial charge < -0.3 is 14.8 Å². The van der Waals surface area contributed by atoms with Crippen LogP contribution in [-0.2, 0) is 0 Å². The molecule has 2 heterocycles. The molecule has 4 nitrogen and oxygen atoms in total. The van der Waals surface area contributed by atoms with Crippen molar-refractivity contribution < 1.29 is 0 Å². The Bertz CT molecular complexity index is 416. The van der Waals surface area contributed by atoms with E-state index in [1.54, 1.807) is 0 Å². The van der Waals surface area contributed by atoms with Gasteiger partial charge in [0.15, 0.2) is 0 Å². The fraction of sp³-hybridized carbons (Fsp3) is 0.800. The molecule has 0 amide bonds. The van der Waals surface area contributed by atoms with E-state index in [1.807, 2.05) is 0 Å².